The van der Waals surface area contributed by atoms with E-state index in [-0.39, 0.29) is 18.1 Å². The van der Waals surface area contributed by atoms with E-state index >= 15 is 0 Å². The van der Waals surface area contributed by atoms with Gasteiger partial charge in [0.05, 0.1) is 30.0 Å². The maximum atomic E-state index is 13.2. The van der Waals surface area contributed by atoms with Crippen LogP contribution in [0.15, 0.2) is 66.9 Å². The molecule has 1 amide bonds. The predicted molar refractivity (Wildman–Crippen MR) is 157 cm³/mol. The molecule has 3 aliphatic heterocycles. The molecule has 2 aromatic heterocycles. The number of halogens is 1. The van der Waals surface area contributed by atoms with Crippen molar-refractivity contribution in [2.45, 2.75) is 30.6 Å². The Bertz CT molecular complexity index is 1550. The van der Waals surface area contributed by atoms with Crippen LogP contribution in [0.2, 0.25) is 5.02 Å². The highest BCUT2D eigenvalue weighted by Gasteiger charge is 2.39. The number of hydrogen-bond donors (Lipinski definition) is 3. The third kappa shape index (κ3) is 5.01. The lowest BCUT2D eigenvalue weighted by Gasteiger charge is -2.39. The van der Waals surface area contributed by atoms with Gasteiger partial charge in [0, 0.05) is 55.2 Å². The minimum atomic E-state index is -0.877. The Kier molecular flexibility index (Phi) is 6.78. The number of benzene rings is 2. The molecule has 10 nitrogen and oxygen atoms in total. The van der Waals surface area contributed by atoms with Crippen molar-refractivity contribution in [1.82, 2.24) is 24.8 Å². The highest BCUT2D eigenvalue weighted by atomic mass is 35.5. The molecule has 212 valence electrons. The molecule has 4 aromatic rings. The number of hydrogen-bond acceptors (Lipinski definition) is 8. The van der Waals surface area contributed by atoms with Crippen molar-refractivity contribution < 1.29 is 14.6 Å². The number of pyridine rings is 1. The molecule has 3 saturated heterocycles. The smallest absolute Gasteiger partial charge is 0.254 e. The fourth-order valence-corrected chi connectivity index (χ4v) is 6.32. The van der Waals surface area contributed by atoms with Gasteiger partial charge in [0.1, 0.15) is 0 Å². The first-order chi connectivity index (χ1) is 20.0. The van der Waals surface area contributed by atoms with Crippen molar-refractivity contribution in [2.75, 3.05) is 49.5 Å². The molecule has 2 aromatic carbocycles. The molecule has 0 radical (unpaired) electrons. The van der Waals surface area contributed by atoms with Crippen LogP contribution in [-0.2, 0) is 10.3 Å². The minimum Gasteiger partial charge on any atom is -0.385 e. The molecular weight excluding hydrogens is 542 g/mol. The summed E-state index contributed by atoms with van der Waals surface area (Å²) in [4.78, 5) is 22.2. The summed E-state index contributed by atoms with van der Waals surface area (Å²) in [5.74, 6) is 0.498. The summed E-state index contributed by atoms with van der Waals surface area (Å²) in [6, 6.07) is 19.0. The number of carbonyl (C=O) groups is 1. The number of nitrogens with zero attached hydrogens (tertiary/aromatic N) is 5. The highest BCUT2D eigenvalue weighted by Crippen LogP contribution is 2.36. The fraction of sp³-hybridized carbons (Fsp3) is 0.367. The summed E-state index contributed by atoms with van der Waals surface area (Å²) in [6.07, 6.45) is 3.14. The van der Waals surface area contributed by atoms with E-state index in [0.29, 0.717) is 55.6 Å². The summed E-state index contributed by atoms with van der Waals surface area (Å²) < 4.78 is 7.57. The van der Waals surface area contributed by atoms with Gasteiger partial charge in [0.15, 0.2) is 5.65 Å². The van der Waals surface area contributed by atoms with Crippen LogP contribution in [-0.4, -0.2) is 82.0 Å². The van der Waals surface area contributed by atoms with Crippen molar-refractivity contribution in [3.05, 3.63) is 83.0 Å². The number of rotatable bonds is 5. The van der Waals surface area contributed by atoms with Crippen molar-refractivity contribution in [3.8, 4) is 0 Å². The van der Waals surface area contributed by atoms with Gasteiger partial charge in [-0.05, 0) is 66.9 Å². The molecule has 3 aliphatic rings. The number of amides is 1. The van der Waals surface area contributed by atoms with E-state index in [2.05, 4.69) is 20.6 Å². The SMILES string of the molecule is O=C(c1ccc(Nc2nc3c(N4CCC(O)(c5ccc(Cl)cc5)CC4)cccn3n2)cc1)N1CCO[C@H]2CNC[C@H]21. The van der Waals surface area contributed by atoms with Crippen LogP contribution < -0.4 is 15.5 Å². The minimum absolute atomic E-state index is 0.0264. The topological polar surface area (TPSA) is 107 Å². The Morgan fingerprint density at radius 3 is 2.61 bits per heavy atom. The molecule has 2 atom stereocenters. The third-order valence-corrected chi connectivity index (χ3v) is 8.75. The maximum absolute atomic E-state index is 13.2. The number of anilines is 3. The molecular formula is C30H32ClN7O3. The van der Waals surface area contributed by atoms with E-state index in [1.165, 1.54) is 0 Å². The van der Waals surface area contributed by atoms with Gasteiger partial charge < -0.3 is 30.3 Å². The van der Waals surface area contributed by atoms with Crippen LogP contribution in [0.5, 0.6) is 0 Å². The first-order valence-corrected chi connectivity index (χ1v) is 14.4. The van der Waals surface area contributed by atoms with E-state index in [0.717, 1.165) is 35.7 Å². The average molecular weight is 574 g/mol. The zero-order chi connectivity index (χ0) is 28.0. The summed E-state index contributed by atoms with van der Waals surface area (Å²) in [5.41, 5.74) is 3.18. The highest BCUT2D eigenvalue weighted by molar-refractivity contribution is 6.30. The molecule has 0 bridgehead atoms. The van der Waals surface area contributed by atoms with Gasteiger partial charge >= 0.3 is 0 Å². The number of aromatic nitrogens is 3. The van der Waals surface area contributed by atoms with Gasteiger partial charge in [-0.15, -0.1) is 5.10 Å². The monoisotopic (exact) mass is 573 g/mol. The Labute approximate surface area is 242 Å². The molecule has 0 unspecified atom stereocenters. The lowest BCUT2D eigenvalue weighted by atomic mass is 9.84. The van der Waals surface area contributed by atoms with Crippen LogP contribution in [0.25, 0.3) is 5.65 Å². The number of piperidine rings is 1. The van der Waals surface area contributed by atoms with Gasteiger partial charge in [-0.25, -0.2) is 4.52 Å². The van der Waals surface area contributed by atoms with Gasteiger partial charge in [0.2, 0.25) is 5.95 Å². The lowest BCUT2D eigenvalue weighted by molar-refractivity contribution is -0.0364. The predicted octanol–water partition coefficient (Wildman–Crippen LogP) is 3.43. The van der Waals surface area contributed by atoms with Crippen molar-refractivity contribution in [1.29, 1.82) is 0 Å². The van der Waals surface area contributed by atoms with Crippen LogP contribution in [0.3, 0.4) is 0 Å². The summed E-state index contributed by atoms with van der Waals surface area (Å²) in [5, 5.41) is 23.2. The summed E-state index contributed by atoms with van der Waals surface area (Å²) in [6.45, 7) is 4.09. The molecule has 0 saturated carbocycles. The molecule has 5 heterocycles. The number of fused-ring (bicyclic) bond motifs is 2. The Hall–Kier alpha value is -3.70. The molecule has 11 heteroatoms. The number of morpholine rings is 1. The second-order valence-electron chi connectivity index (χ2n) is 11.0. The summed E-state index contributed by atoms with van der Waals surface area (Å²) in [7, 11) is 0. The lowest BCUT2D eigenvalue weighted by Crippen LogP contribution is -2.53. The number of aliphatic hydroxyl groups is 1. The van der Waals surface area contributed by atoms with Gasteiger partial charge in [-0.1, -0.05) is 23.7 Å². The third-order valence-electron chi connectivity index (χ3n) is 8.50. The van der Waals surface area contributed by atoms with Crippen LogP contribution >= 0.6 is 11.6 Å². The molecule has 3 fully saturated rings. The van der Waals surface area contributed by atoms with E-state index in [1.54, 1.807) is 4.52 Å². The van der Waals surface area contributed by atoms with Crippen LogP contribution in [0.1, 0.15) is 28.8 Å². The van der Waals surface area contributed by atoms with Gasteiger partial charge in [-0.3, -0.25) is 4.79 Å². The molecule has 7 rings (SSSR count). The quantitative estimate of drug-likeness (QED) is 0.333. The second kappa shape index (κ2) is 10.6. The van der Waals surface area contributed by atoms with Crippen LogP contribution in [0.4, 0.5) is 17.3 Å². The number of carbonyl (C=O) groups excluding carboxylic acids is 1. The van der Waals surface area contributed by atoms with E-state index in [4.69, 9.17) is 21.3 Å². The Balaban J connectivity index is 1.04. The zero-order valence-corrected chi connectivity index (χ0v) is 23.3. The zero-order valence-electron chi connectivity index (χ0n) is 22.5. The van der Waals surface area contributed by atoms with E-state index in [9.17, 15) is 9.90 Å². The Morgan fingerprint density at radius 1 is 1.05 bits per heavy atom. The largest absolute Gasteiger partial charge is 0.385 e. The maximum Gasteiger partial charge on any atom is 0.254 e. The molecule has 0 aliphatic carbocycles. The first kappa shape index (κ1) is 26.2. The van der Waals surface area contributed by atoms with Crippen molar-refractivity contribution in [2.24, 2.45) is 0 Å². The van der Waals surface area contributed by atoms with Crippen molar-refractivity contribution >= 4 is 40.5 Å². The molecule has 3 N–H and O–H groups in total. The number of nitrogens with one attached hydrogen (secondary N) is 2. The standard InChI is InChI=1S/C30H32ClN7O3/c31-22-7-5-21(6-8-22)30(40)11-14-36(15-12-30)24-2-1-13-38-27(24)34-29(35-38)33-23-9-3-20(4-10-23)28(39)37-16-17-41-26-19-32-18-25(26)37/h1-10,13,25-26,32,40H,11-12,14-19H2,(H,33,35)/t25-,26+/m1/s1. The van der Waals surface area contributed by atoms with E-state index in [1.807, 2.05) is 71.8 Å². The van der Waals surface area contributed by atoms with Gasteiger partial charge in [-0.2, -0.15) is 4.98 Å². The average Bonchev–Trinajstić information content (AvgIpc) is 3.65. The van der Waals surface area contributed by atoms with Crippen molar-refractivity contribution in [3.63, 3.8) is 0 Å². The Morgan fingerprint density at radius 2 is 1.83 bits per heavy atom. The number of ether oxygens (including phenoxy) is 1. The normalized spacial score (nSPS) is 22.1. The molecule has 0 spiro atoms. The second-order valence-corrected chi connectivity index (χ2v) is 11.4. The van der Waals surface area contributed by atoms with E-state index < -0.39 is 5.60 Å². The first-order valence-electron chi connectivity index (χ1n) is 14.1. The summed E-state index contributed by atoms with van der Waals surface area (Å²) >= 11 is 6.04. The fourth-order valence-electron chi connectivity index (χ4n) is 6.19. The van der Waals surface area contributed by atoms with Gasteiger partial charge in [0.25, 0.3) is 5.91 Å². The molecule has 41 heavy (non-hydrogen) atoms. The van der Waals surface area contributed by atoms with Crippen LogP contribution in [0, 0.1) is 0 Å².